The van der Waals surface area contributed by atoms with E-state index in [0.29, 0.717) is 47.4 Å². The highest BCUT2D eigenvalue weighted by atomic mass is 19.3. The van der Waals surface area contributed by atoms with Crippen LogP contribution in [-0.2, 0) is 6.54 Å². The first-order valence-corrected chi connectivity index (χ1v) is 9.60. The molecule has 1 aliphatic heterocycles. The molecule has 0 amide bonds. The average molecular weight is 410 g/mol. The lowest BCUT2D eigenvalue weighted by Crippen LogP contribution is -2.31. The largest absolute Gasteiger partial charge is 0.478 e. The molecule has 0 fully saturated rings. The SMILES string of the molecule is CCN1CC(=Cc2ccccc2OC(F)F)c2nc3ccccc3c(C(=O)O)c2C1. The lowest BCUT2D eigenvalue weighted by Gasteiger charge is -2.30. The minimum Gasteiger partial charge on any atom is -0.478 e. The quantitative estimate of drug-likeness (QED) is 0.648. The van der Waals surface area contributed by atoms with Crippen molar-refractivity contribution in [3.05, 3.63) is 70.9 Å². The summed E-state index contributed by atoms with van der Waals surface area (Å²) in [6.07, 6.45) is 1.76. The van der Waals surface area contributed by atoms with Gasteiger partial charge < -0.3 is 9.84 Å². The molecule has 2 aromatic carbocycles. The number of rotatable bonds is 5. The number of benzene rings is 2. The summed E-state index contributed by atoms with van der Waals surface area (Å²) in [6.45, 7) is 0.744. The minimum absolute atomic E-state index is 0.0643. The van der Waals surface area contributed by atoms with Gasteiger partial charge in [0.2, 0.25) is 0 Å². The standard InChI is InChI=1S/C23H20F2N2O3/c1-2-27-12-15(11-14-7-3-6-10-19(14)30-23(24)25)21-17(13-27)20(22(28)29)16-8-4-5-9-18(16)26-21/h3-11,23H,2,12-13H2,1H3,(H,28,29). The molecule has 0 spiro atoms. The number of aromatic carboxylic acids is 1. The van der Waals surface area contributed by atoms with Gasteiger partial charge in [-0.15, -0.1) is 0 Å². The van der Waals surface area contributed by atoms with Crippen LogP contribution in [0.4, 0.5) is 8.78 Å². The molecule has 0 unspecified atom stereocenters. The Labute approximate surface area is 172 Å². The molecule has 4 rings (SSSR count). The van der Waals surface area contributed by atoms with Gasteiger partial charge in [0.05, 0.1) is 16.8 Å². The predicted molar refractivity (Wildman–Crippen MR) is 111 cm³/mol. The van der Waals surface area contributed by atoms with Crippen LogP contribution in [0, 0.1) is 0 Å². The molecule has 5 nitrogen and oxygen atoms in total. The van der Waals surface area contributed by atoms with Crippen LogP contribution >= 0.6 is 0 Å². The van der Waals surface area contributed by atoms with Gasteiger partial charge >= 0.3 is 12.6 Å². The Bertz CT molecular complexity index is 1140. The zero-order valence-corrected chi connectivity index (χ0v) is 16.3. The Morgan fingerprint density at radius 2 is 1.93 bits per heavy atom. The van der Waals surface area contributed by atoms with Crippen LogP contribution in [0.25, 0.3) is 22.6 Å². The first kappa shape index (κ1) is 20.0. The fourth-order valence-electron chi connectivity index (χ4n) is 3.84. The van der Waals surface area contributed by atoms with E-state index in [1.165, 1.54) is 6.07 Å². The number of fused-ring (bicyclic) bond motifs is 2. The van der Waals surface area contributed by atoms with Gasteiger partial charge in [-0.3, -0.25) is 4.90 Å². The molecule has 3 aromatic rings. The van der Waals surface area contributed by atoms with E-state index in [-0.39, 0.29) is 11.3 Å². The second kappa shape index (κ2) is 8.20. The van der Waals surface area contributed by atoms with Gasteiger partial charge in [-0.25, -0.2) is 9.78 Å². The van der Waals surface area contributed by atoms with Crippen molar-refractivity contribution in [2.24, 2.45) is 0 Å². The van der Waals surface area contributed by atoms with Gasteiger partial charge in [0.1, 0.15) is 5.75 Å². The lowest BCUT2D eigenvalue weighted by molar-refractivity contribution is -0.0499. The van der Waals surface area contributed by atoms with E-state index in [1.807, 2.05) is 13.0 Å². The summed E-state index contributed by atoms with van der Waals surface area (Å²) in [6, 6.07) is 13.7. The third-order valence-corrected chi connectivity index (χ3v) is 5.20. The van der Waals surface area contributed by atoms with Crippen molar-refractivity contribution in [3.63, 3.8) is 0 Å². The molecule has 30 heavy (non-hydrogen) atoms. The van der Waals surface area contributed by atoms with Crippen molar-refractivity contribution in [2.45, 2.75) is 20.1 Å². The molecular formula is C23H20F2N2O3. The summed E-state index contributed by atoms with van der Waals surface area (Å²) in [4.78, 5) is 19.0. The highest BCUT2D eigenvalue weighted by molar-refractivity contribution is 6.06. The number of likely N-dealkylation sites (N-methyl/N-ethyl adjacent to an activating group) is 1. The van der Waals surface area contributed by atoms with Gasteiger partial charge in [-0.2, -0.15) is 8.78 Å². The van der Waals surface area contributed by atoms with Crippen LogP contribution in [0.1, 0.15) is 34.1 Å². The van der Waals surface area contributed by atoms with Crippen molar-refractivity contribution in [3.8, 4) is 5.75 Å². The fraction of sp³-hybridized carbons (Fsp3) is 0.217. The van der Waals surface area contributed by atoms with Crippen molar-refractivity contribution in [1.82, 2.24) is 9.88 Å². The first-order chi connectivity index (χ1) is 14.5. The number of nitrogens with zero attached hydrogens (tertiary/aromatic N) is 2. The summed E-state index contributed by atoms with van der Waals surface area (Å²) >= 11 is 0. The number of aromatic nitrogens is 1. The molecule has 0 radical (unpaired) electrons. The summed E-state index contributed by atoms with van der Waals surface area (Å²) in [5.74, 6) is -0.946. The molecule has 0 bridgehead atoms. The molecule has 1 N–H and O–H groups in total. The van der Waals surface area contributed by atoms with Crippen LogP contribution in [0.5, 0.6) is 5.75 Å². The Morgan fingerprint density at radius 3 is 2.67 bits per heavy atom. The Hall–Kier alpha value is -3.32. The maximum Gasteiger partial charge on any atom is 0.387 e. The summed E-state index contributed by atoms with van der Waals surface area (Å²) in [7, 11) is 0. The molecule has 0 atom stereocenters. The van der Waals surface area contributed by atoms with E-state index in [1.54, 1.807) is 42.5 Å². The van der Waals surface area contributed by atoms with E-state index >= 15 is 0 Å². The Balaban J connectivity index is 1.95. The van der Waals surface area contributed by atoms with Crippen LogP contribution in [0.3, 0.4) is 0 Å². The van der Waals surface area contributed by atoms with Crippen LogP contribution in [0.2, 0.25) is 0 Å². The zero-order chi connectivity index (χ0) is 21.3. The second-order valence-corrected chi connectivity index (χ2v) is 7.03. The van der Waals surface area contributed by atoms with E-state index in [2.05, 4.69) is 9.64 Å². The number of carboxylic acids is 1. The Morgan fingerprint density at radius 1 is 1.20 bits per heavy atom. The van der Waals surface area contributed by atoms with Gasteiger partial charge in [0, 0.05) is 29.6 Å². The molecule has 0 saturated carbocycles. The third kappa shape index (κ3) is 3.76. The topological polar surface area (TPSA) is 62.7 Å². The maximum atomic E-state index is 12.8. The fourth-order valence-corrected chi connectivity index (χ4v) is 3.84. The van der Waals surface area contributed by atoms with Crippen LogP contribution in [-0.4, -0.2) is 40.7 Å². The number of pyridine rings is 1. The van der Waals surface area contributed by atoms with Gasteiger partial charge in [0.15, 0.2) is 0 Å². The van der Waals surface area contributed by atoms with Gasteiger partial charge in [-0.1, -0.05) is 43.3 Å². The van der Waals surface area contributed by atoms with Gasteiger partial charge in [-0.05, 0) is 30.3 Å². The molecule has 7 heteroatoms. The van der Waals surface area contributed by atoms with Crippen molar-refractivity contribution in [1.29, 1.82) is 0 Å². The first-order valence-electron chi connectivity index (χ1n) is 9.60. The summed E-state index contributed by atoms with van der Waals surface area (Å²) < 4.78 is 30.3. The minimum atomic E-state index is -2.93. The highest BCUT2D eigenvalue weighted by Crippen LogP contribution is 2.35. The smallest absolute Gasteiger partial charge is 0.387 e. The molecule has 0 saturated heterocycles. The molecular weight excluding hydrogens is 390 g/mol. The van der Waals surface area contributed by atoms with Crippen LogP contribution in [0.15, 0.2) is 48.5 Å². The van der Waals surface area contributed by atoms with Gasteiger partial charge in [0.25, 0.3) is 0 Å². The van der Waals surface area contributed by atoms with Crippen molar-refractivity contribution < 1.29 is 23.4 Å². The second-order valence-electron chi connectivity index (χ2n) is 7.03. The van der Waals surface area contributed by atoms with Crippen molar-refractivity contribution in [2.75, 3.05) is 13.1 Å². The lowest BCUT2D eigenvalue weighted by atomic mass is 9.92. The number of hydrogen-bond acceptors (Lipinski definition) is 4. The molecule has 1 aromatic heterocycles. The number of halogens is 2. The predicted octanol–water partition coefficient (Wildman–Crippen LogP) is 4.91. The molecule has 1 aliphatic rings. The number of carboxylic acid groups (broad SMARTS) is 1. The highest BCUT2D eigenvalue weighted by Gasteiger charge is 2.28. The number of para-hydroxylation sites is 2. The average Bonchev–Trinajstić information content (AvgIpc) is 2.72. The van der Waals surface area contributed by atoms with E-state index in [4.69, 9.17) is 4.98 Å². The van der Waals surface area contributed by atoms with E-state index < -0.39 is 12.6 Å². The monoisotopic (exact) mass is 410 g/mol. The Kier molecular flexibility index (Phi) is 5.46. The molecule has 0 aliphatic carbocycles. The summed E-state index contributed by atoms with van der Waals surface area (Å²) in [5, 5.41) is 10.5. The number of hydrogen-bond donors (Lipinski definition) is 1. The number of alkyl halides is 2. The van der Waals surface area contributed by atoms with Crippen molar-refractivity contribution >= 4 is 28.5 Å². The number of ether oxygens (including phenoxy) is 1. The maximum absolute atomic E-state index is 12.8. The normalized spacial score (nSPS) is 15.5. The number of carbonyl (C=O) groups is 1. The van der Waals surface area contributed by atoms with E-state index in [9.17, 15) is 18.7 Å². The van der Waals surface area contributed by atoms with E-state index in [0.717, 1.165) is 5.57 Å². The summed E-state index contributed by atoms with van der Waals surface area (Å²) in [5.41, 5.74) is 3.29. The molecule has 154 valence electrons. The molecule has 2 heterocycles. The van der Waals surface area contributed by atoms with Crippen LogP contribution < -0.4 is 4.74 Å². The zero-order valence-electron chi connectivity index (χ0n) is 16.3. The third-order valence-electron chi connectivity index (χ3n) is 5.20.